The van der Waals surface area contributed by atoms with Gasteiger partial charge in [-0.3, -0.25) is 0 Å². The zero-order valence-corrected chi connectivity index (χ0v) is 42.8. The fourth-order valence-corrected chi connectivity index (χ4v) is 11.6. The SMILES string of the molecule is c1ccc(C(=C(c2ccccc2)c2ccc(N(c3ccccc3)c3ccc(-n4c5ccccc5c5ccccc54)cc3)cc2)c2ccc(N(c3ccccc3)c3ccc(-n4c5ccccc5c5ccccc54)cc3)cc2)cc1. The maximum Gasteiger partial charge on any atom is 0.0541 e. The molecule has 0 aliphatic rings. The van der Waals surface area contributed by atoms with Crippen molar-refractivity contribution in [1.29, 1.82) is 0 Å². The molecule has 0 aliphatic heterocycles. The lowest BCUT2D eigenvalue weighted by atomic mass is 9.85. The third-order valence-corrected chi connectivity index (χ3v) is 15.1. The maximum atomic E-state index is 2.37. The molecule has 0 aliphatic carbocycles. The van der Waals surface area contributed by atoms with E-state index in [-0.39, 0.29) is 0 Å². The van der Waals surface area contributed by atoms with Crippen LogP contribution in [0.5, 0.6) is 0 Å². The van der Waals surface area contributed by atoms with Crippen molar-refractivity contribution in [2.45, 2.75) is 0 Å². The summed E-state index contributed by atoms with van der Waals surface area (Å²) in [5.74, 6) is 0. The number of anilines is 6. The van der Waals surface area contributed by atoms with Crippen molar-refractivity contribution < 1.29 is 0 Å². The number of nitrogens with zero attached hydrogens (tertiary/aromatic N) is 4. The fraction of sp³-hybridized carbons (Fsp3) is 0. The van der Waals surface area contributed by atoms with E-state index in [0.717, 1.165) is 78.9 Å². The molecule has 0 atom stereocenters. The normalized spacial score (nSPS) is 11.8. The van der Waals surface area contributed by atoms with Gasteiger partial charge in [0.05, 0.1) is 22.1 Å². The van der Waals surface area contributed by atoms with E-state index in [9.17, 15) is 0 Å². The molecular weight excluding hydrogens is 945 g/mol. The predicted molar refractivity (Wildman–Crippen MR) is 329 cm³/mol. The Labute approximate surface area is 454 Å². The molecule has 78 heavy (non-hydrogen) atoms. The fourth-order valence-electron chi connectivity index (χ4n) is 11.6. The van der Waals surface area contributed by atoms with Crippen molar-refractivity contribution in [2.75, 3.05) is 9.80 Å². The third-order valence-electron chi connectivity index (χ3n) is 15.1. The molecule has 2 heterocycles. The van der Waals surface area contributed by atoms with Gasteiger partial charge in [0.15, 0.2) is 0 Å². The molecule has 14 rings (SSSR count). The molecule has 12 aromatic carbocycles. The van der Waals surface area contributed by atoms with Gasteiger partial charge in [-0.05, 0) is 155 Å². The molecule has 0 fully saturated rings. The zero-order valence-electron chi connectivity index (χ0n) is 42.8. The second-order valence-corrected chi connectivity index (χ2v) is 19.7. The van der Waals surface area contributed by atoms with Crippen molar-refractivity contribution in [2.24, 2.45) is 0 Å². The minimum absolute atomic E-state index is 1.07. The Hall–Kier alpha value is -10.4. The molecule has 0 N–H and O–H groups in total. The highest BCUT2D eigenvalue weighted by molar-refractivity contribution is 6.10. The van der Waals surface area contributed by atoms with E-state index in [2.05, 4.69) is 334 Å². The first kappa shape index (κ1) is 46.1. The highest BCUT2D eigenvalue weighted by Crippen LogP contribution is 2.43. The second kappa shape index (κ2) is 20.0. The quantitative estimate of drug-likeness (QED) is 0.113. The topological polar surface area (TPSA) is 16.3 Å². The van der Waals surface area contributed by atoms with Crippen molar-refractivity contribution >= 4 is 88.9 Å². The Balaban J connectivity index is 0.853. The Kier molecular flexibility index (Phi) is 11.8. The molecule has 0 spiro atoms. The summed E-state index contributed by atoms with van der Waals surface area (Å²) in [7, 11) is 0. The highest BCUT2D eigenvalue weighted by Gasteiger charge is 2.21. The average Bonchev–Trinajstić information content (AvgIpc) is 4.10. The van der Waals surface area contributed by atoms with Crippen LogP contribution in [0.1, 0.15) is 22.3 Å². The number of rotatable bonds is 12. The van der Waals surface area contributed by atoms with Gasteiger partial charge in [0.1, 0.15) is 0 Å². The van der Waals surface area contributed by atoms with Gasteiger partial charge in [-0.15, -0.1) is 0 Å². The van der Waals surface area contributed by atoms with Crippen LogP contribution in [0.25, 0.3) is 66.1 Å². The van der Waals surface area contributed by atoms with Gasteiger partial charge in [0.2, 0.25) is 0 Å². The van der Waals surface area contributed by atoms with Crippen LogP contribution in [0.2, 0.25) is 0 Å². The molecule has 0 radical (unpaired) electrons. The highest BCUT2D eigenvalue weighted by atomic mass is 15.1. The molecule has 0 saturated heterocycles. The summed E-state index contributed by atoms with van der Waals surface area (Å²) in [5.41, 5.74) is 20.3. The largest absolute Gasteiger partial charge is 0.311 e. The molecule has 368 valence electrons. The van der Waals surface area contributed by atoms with E-state index in [0.29, 0.717) is 0 Å². The summed E-state index contributed by atoms with van der Waals surface area (Å²) in [6.07, 6.45) is 0. The number of aromatic nitrogens is 2. The predicted octanol–water partition coefficient (Wildman–Crippen LogP) is 19.8. The van der Waals surface area contributed by atoms with E-state index in [1.807, 2.05) is 0 Å². The van der Waals surface area contributed by atoms with Gasteiger partial charge in [-0.2, -0.15) is 0 Å². The second-order valence-electron chi connectivity index (χ2n) is 19.7. The number of hydrogen-bond acceptors (Lipinski definition) is 2. The van der Waals surface area contributed by atoms with Gasteiger partial charge in [-0.1, -0.05) is 194 Å². The first-order valence-corrected chi connectivity index (χ1v) is 26.7. The van der Waals surface area contributed by atoms with Crippen LogP contribution < -0.4 is 9.80 Å². The minimum atomic E-state index is 1.07. The van der Waals surface area contributed by atoms with Crippen LogP contribution in [0.3, 0.4) is 0 Å². The molecule has 0 amide bonds. The molecule has 4 nitrogen and oxygen atoms in total. The van der Waals surface area contributed by atoms with Crippen molar-refractivity contribution in [1.82, 2.24) is 9.13 Å². The molecule has 0 unspecified atom stereocenters. The molecule has 0 saturated carbocycles. The van der Waals surface area contributed by atoms with Crippen LogP contribution >= 0.6 is 0 Å². The first-order valence-electron chi connectivity index (χ1n) is 26.7. The summed E-state index contributed by atoms with van der Waals surface area (Å²) >= 11 is 0. The van der Waals surface area contributed by atoms with E-state index in [4.69, 9.17) is 0 Å². The van der Waals surface area contributed by atoms with Gasteiger partial charge in [0.25, 0.3) is 0 Å². The van der Waals surface area contributed by atoms with Crippen molar-refractivity contribution in [3.63, 3.8) is 0 Å². The average molecular weight is 997 g/mol. The molecule has 14 aromatic rings. The Morgan fingerprint density at radius 3 is 0.705 bits per heavy atom. The summed E-state index contributed by atoms with van der Waals surface area (Å²) in [4.78, 5) is 4.69. The van der Waals surface area contributed by atoms with Crippen LogP contribution in [0.4, 0.5) is 34.1 Å². The standard InChI is InChI=1S/C74H52N4/c1-5-21-53(22-6-1)73(55-37-41-59(42-38-55)75(57-25-9-3-10-26-57)61-45-49-63(50-46-61)77-69-33-17-13-29-65(69)66-30-14-18-34-70(66)77)74(54-23-7-2-8-24-54)56-39-43-60(44-40-56)76(58-27-11-4-12-28-58)62-47-51-64(52-48-62)78-71-35-19-15-31-67(71)68-32-16-20-36-72(68)78/h1-52H. The molecule has 0 bridgehead atoms. The van der Waals surface area contributed by atoms with Crippen LogP contribution in [-0.4, -0.2) is 9.13 Å². The van der Waals surface area contributed by atoms with Crippen LogP contribution in [0.15, 0.2) is 315 Å². The lowest BCUT2D eigenvalue weighted by molar-refractivity contribution is 1.17. The first-order chi connectivity index (χ1) is 38.7. The summed E-state index contributed by atoms with van der Waals surface area (Å²) in [6.45, 7) is 0. The maximum absolute atomic E-state index is 2.37. The van der Waals surface area contributed by atoms with E-state index >= 15 is 0 Å². The lowest BCUT2D eigenvalue weighted by Gasteiger charge is -2.27. The summed E-state index contributed by atoms with van der Waals surface area (Å²) in [6, 6.07) is 114. The van der Waals surface area contributed by atoms with Gasteiger partial charge in [0, 0.05) is 67.0 Å². The lowest BCUT2D eigenvalue weighted by Crippen LogP contribution is -2.10. The Morgan fingerprint density at radius 1 is 0.192 bits per heavy atom. The smallest absolute Gasteiger partial charge is 0.0541 e. The number of para-hydroxylation sites is 6. The molecule has 4 heteroatoms. The molecular formula is C74H52N4. The van der Waals surface area contributed by atoms with Gasteiger partial charge >= 0.3 is 0 Å². The summed E-state index contributed by atoms with van der Waals surface area (Å²) < 4.78 is 4.74. The van der Waals surface area contributed by atoms with E-state index in [1.54, 1.807) is 0 Å². The van der Waals surface area contributed by atoms with Gasteiger partial charge in [-0.25, -0.2) is 0 Å². The van der Waals surface area contributed by atoms with E-state index < -0.39 is 0 Å². The number of benzene rings is 12. The number of hydrogen-bond donors (Lipinski definition) is 0. The third kappa shape index (κ3) is 8.30. The van der Waals surface area contributed by atoms with Crippen molar-refractivity contribution in [3.05, 3.63) is 338 Å². The van der Waals surface area contributed by atoms with Gasteiger partial charge < -0.3 is 18.9 Å². The Morgan fingerprint density at radius 2 is 0.410 bits per heavy atom. The minimum Gasteiger partial charge on any atom is -0.311 e. The molecule has 2 aromatic heterocycles. The van der Waals surface area contributed by atoms with E-state index in [1.165, 1.54) is 43.6 Å². The Bertz CT molecular complexity index is 4030. The van der Waals surface area contributed by atoms with Crippen LogP contribution in [-0.2, 0) is 0 Å². The zero-order chi connectivity index (χ0) is 51.8. The monoisotopic (exact) mass is 996 g/mol. The van der Waals surface area contributed by atoms with Crippen LogP contribution in [0, 0.1) is 0 Å². The summed E-state index contributed by atoms with van der Waals surface area (Å²) in [5, 5.41) is 5.01. The van der Waals surface area contributed by atoms with Crippen molar-refractivity contribution in [3.8, 4) is 11.4 Å². The number of fused-ring (bicyclic) bond motifs is 6.